The molecule has 5 nitrogen and oxygen atoms in total. The Kier molecular flexibility index (Phi) is 4.59. The molecule has 136 valence electrons. The molecular formula is C22H22N4O. The third-order valence-electron chi connectivity index (χ3n) is 4.85. The van der Waals surface area contributed by atoms with E-state index in [-0.39, 0.29) is 5.91 Å². The second kappa shape index (κ2) is 7.19. The fraction of sp³-hybridized carbons (Fsp3) is 0.227. The summed E-state index contributed by atoms with van der Waals surface area (Å²) in [6, 6.07) is 17.9. The zero-order chi connectivity index (χ0) is 18.8. The second-order valence-corrected chi connectivity index (χ2v) is 6.69. The Morgan fingerprint density at radius 1 is 1.11 bits per heavy atom. The lowest BCUT2D eigenvalue weighted by Gasteiger charge is -2.17. The first-order chi connectivity index (χ1) is 13.2. The summed E-state index contributed by atoms with van der Waals surface area (Å²) in [5, 5.41) is 3.28. The highest BCUT2D eigenvalue weighted by Gasteiger charge is 2.26. The van der Waals surface area contributed by atoms with E-state index in [4.69, 9.17) is 0 Å². The number of amides is 1. The van der Waals surface area contributed by atoms with Gasteiger partial charge in [0.2, 0.25) is 5.95 Å². The van der Waals surface area contributed by atoms with E-state index in [1.165, 1.54) is 11.1 Å². The Morgan fingerprint density at radius 3 is 2.74 bits per heavy atom. The minimum atomic E-state index is -0.0859. The first kappa shape index (κ1) is 17.2. The van der Waals surface area contributed by atoms with Gasteiger partial charge in [-0.3, -0.25) is 4.79 Å². The maximum absolute atomic E-state index is 13.1. The van der Waals surface area contributed by atoms with Crippen LogP contribution in [0.3, 0.4) is 0 Å². The van der Waals surface area contributed by atoms with Crippen molar-refractivity contribution in [2.75, 3.05) is 16.8 Å². The number of hydrogen-bond acceptors (Lipinski definition) is 4. The third-order valence-corrected chi connectivity index (χ3v) is 4.85. The first-order valence-electron chi connectivity index (χ1n) is 9.26. The molecule has 1 amide bonds. The molecule has 1 N–H and O–H groups in total. The Hall–Kier alpha value is -3.21. The van der Waals surface area contributed by atoms with E-state index < -0.39 is 0 Å². The molecule has 0 bridgehead atoms. The Morgan fingerprint density at radius 2 is 1.89 bits per heavy atom. The van der Waals surface area contributed by atoms with Gasteiger partial charge in [-0.25, -0.2) is 9.97 Å². The van der Waals surface area contributed by atoms with Crippen LogP contribution in [-0.2, 0) is 12.8 Å². The van der Waals surface area contributed by atoms with Crippen LogP contribution in [0.25, 0.3) is 0 Å². The predicted molar refractivity (Wildman–Crippen MR) is 108 cm³/mol. The lowest BCUT2D eigenvalue weighted by atomic mass is 10.1. The number of benzene rings is 2. The van der Waals surface area contributed by atoms with E-state index in [9.17, 15) is 4.79 Å². The van der Waals surface area contributed by atoms with Crippen molar-refractivity contribution in [2.45, 2.75) is 26.7 Å². The highest BCUT2D eigenvalue weighted by molar-refractivity contribution is 6.06. The summed E-state index contributed by atoms with van der Waals surface area (Å²) in [6.07, 6.45) is 1.78. The smallest absolute Gasteiger partial charge is 0.277 e. The molecule has 0 atom stereocenters. The minimum absolute atomic E-state index is 0.0859. The molecule has 1 aromatic heterocycles. The number of aryl methyl sites for hydroxylation is 2. The normalized spacial score (nSPS) is 12.7. The number of carbonyl (C=O) groups excluding carboxylic acids is 1. The summed E-state index contributed by atoms with van der Waals surface area (Å²) in [7, 11) is 0. The van der Waals surface area contributed by atoms with Gasteiger partial charge in [0, 0.05) is 23.6 Å². The Balaban J connectivity index is 1.64. The molecule has 4 rings (SSSR count). The van der Waals surface area contributed by atoms with Crippen molar-refractivity contribution in [3.05, 3.63) is 77.1 Å². The van der Waals surface area contributed by atoms with Crippen molar-refractivity contribution in [2.24, 2.45) is 0 Å². The van der Waals surface area contributed by atoms with Gasteiger partial charge in [-0.1, -0.05) is 43.3 Å². The van der Waals surface area contributed by atoms with E-state index >= 15 is 0 Å². The van der Waals surface area contributed by atoms with Crippen molar-refractivity contribution in [3.63, 3.8) is 0 Å². The van der Waals surface area contributed by atoms with Crippen molar-refractivity contribution in [1.29, 1.82) is 0 Å². The number of para-hydroxylation sites is 2. The lowest BCUT2D eigenvalue weighted by molar-refractivity contribution is 0.0984. The highest BCUT2D eigenvalue weighted by atomic mass is 16.2. The van der Waals surface area contributed by atoms with Gasteiger partial charge < -0.3 is 10.2 Å². The van der Waals surface area contributed by atoms with Gasteiger partial charge >= 0.3 is 0 Å². The van der Waals surface area contributed by atoms with Crippen LogP contribution in [-0.4, -0.2) is 22.4 Å². The second-order valence-electron chi connectivity index (χ2n) is 6.69. The van der Waals surface area contributed by atoms with Gasteiger partial charge in [0.05, 0.1) is 0 Å². The van der Waals surface area contributed by atoms with Crippen LogP contribution in [0, 0.1) is 6.92 Å². The largest absolute Gasteiger partial charge is 0.324 e. The van der Waals surface area contributed by atoms with Crippen molar-refractivity contribution >= 4 is 23.2 Å². The van der Waals surface area contributed by atoms with Crippen molar-refractivity contribution in [3.8, 4) is 0 Å². The Bertz CT molecular complexity index is 999. The lowest BCUT2D eigenvalue weighted by Crippen LogP contribution is -2.30. The Labute approximate surface area is 159 Å². The number of aromatic nitrogens is 2. The number of nitrogens with one attached hydrogen (secondary N) is 1. The van der Waals surface area contributed by atoms with Gasteiger partial charge in [-0.2, -0.15) is 0 Å². The number of fused-ring (bicyclic) bond motifs is 1. The van der Waals surface area contributed by atoms with Gasteiger partial charge in [0.25, 0.3) is 5.91 Å². The summed E-state index contributed by atoms with van der Waals surface area (Å²) in [5.41, 5.74) is 5.50. The third kappa shape index (κ3) is 3.40. The van der Waals surface area contributed by atoms with E-state index in [2.05, 4.69) is 34.3 Å². The van der Waals surface area contributed by atoms with Crippen LogP contribution in [0.1, 0.15) is 34.2 Å². The van der Waals surface area contributed by atoms with Gasteiger partial charge in [0.1, 0.15) is 5.69 Å². The molecule has 0 aliphatic carbocycles. The molecule has 27 heavy (non-hydrogen) atoms. The average molecular weight is 358 g/mol. The number of hydrogen-bond donors (Lipinski definition) is 1. The average Bonchev–Trinajstić information content (AvgIpc) is 3.11. The fourth-order valence-electron chi connectivity index (χ4n) is 3.49. The summed E-state index contributed by atoms with van der Waals surface area (Å²) >= 11 is 0. The quantitative estimate of drug-likeness (QED) is 0.756. The molecule has 5 heteroatoms. The van der Waals surface area contributed by atoms with E-state index in [0.717, 1.165) is 29.9 Å². The first-order valence-corrected chi connectivity index (χ1v) is 9.26. The number of anilines is 3. The summed E-state index contributed by atoms with van der Waals surface area (Å²) in [4.78, 5) is 23.9. The molecule has 0 saturated carbocycles. The zero-order valence-electron chi connectivity index (χ0n) is 15.6. The molecule has 0 spiro atoms. The summed E-state index contributed by atoms with van der Waals surface area (Å²) < 4.78 is 0. The molecule has 0 radical (unpaired) electrons. The SMILES string of the molecule is CCc1ccccc1Nc1nc(C)cc(C(=O)N2CCc3ccccc32)n1. The molecule has 2 aromatic carbocycles. The predicted octanol–water partition coefficient (Wildman–Crippen LogP) is 4.29. The highest BCUT2D eigenvalue weighted by Crippen LogP contribution is 2.29. The number of nitrogens with zero attached hydrogens (tertiary/aromatic N) is 3. The summed E-state index contributed by atoms with van der Waals surface area (Å²) in [6.45, 7) is 4.67. The van der Waals surface area contributed by atoms with Crippen LogP contribution in [0.15, 0.2) is 54.6 Å². The van der Waals surface area contributed by atoms with Crippen LogP contribution in [0.2, 0.25) is 0 Å². The molecular weight excluding hydrogens is 336 g/mol. The number of carbonyl (C=O) groups is 1. The van der Waals surface area contributed by atoms with E-state index in [1.807, 2.05) is 43.3 Å². The van der Waals surface area contributed by atoms with Crippen LogP contribution in [0.5, 0.6) is 0 Å². The van der Waals surface area contributed by atoms with Gasteiger partial charge in [0.15, 0.2) is 0 Å². The molecule has 2 heterocycles. The summed E-state index contributed by atoms with van der Waals surface area (Å²) in [5.74, 6) is 0.365. The molecule has 3 aromatic rings. The number of rotatable bonds is 4. The molecule has 0 unspecified atom stereocenters. The minimum Gasteiger partial charge on any atom is -0.324 e. The monoisotopic (exact) mass is 358 g/mol. The fourth-order valence-corrected chi connectivity index (χ4v) is 3.49. The van der Waals surface area contributed by atoms with Crippen LogP contribution in [0.4, 0.5) is 17.3 Å². The topological polar surface area (TPSA) is 58.1 Å². The molecule has 0 saturated heterocycles. The van der Waals surface area contributed by atoms with Crippen molar-refractivity contribution in [1.82, 2.24) is 9.97 Å². The standard InChI is InChI=1S/C22H22N4O/c1-3-16-8-4-6-10-18(16)24-22-23-15(2)14-19(25-22)21(27)26-13-12-17-9-5-7-11-20(17)26/h4-11,14H,3,12-13H2,1-2H3,(H,23,24,25). The molecule has 0 fully saturated rings. The van der Waals surface area contributed by atoms with Gasteiger partial charge in [-0.05, 0) is 49.1 Å². The molecule has 1 aliphatic rings. The van der Waals surface area contributed by atoms with E-state index in [1.54, 1.807) is 11.0 Å². The van der Waals surface area contributed by atoms with Crippen molar-refractivity contribution < 1.29 is 4.79 Å². The zero-order valence-corrected chi connectivity index (χ0v) is 15.6. The van der Waals surface area contributed by atoms with Gasteiger partial charge in [-0.15, -0.1) is 0 Å². The van der Waals surface area contributed by atoms with E-state index in [0.29, 0.717) is 18.2 Å². The maximum atomic E-state index is 13.1. The van der Waals surface area contributed by atoms with Crippen LogP contribution < -0.4 is 10.2 Å². The maximum Gasteiger partial charge on any atom is 0.277 e. The van der Waals surface area contributed by atoms with Crippen LogP contribution >= 0.6 is 0 Å². The molecule has 1 aliphatic heterocycles.